The fraction of sp³-hybridized carbons (Fsp3) is 0.810. The van der Waals surface area contributed by atoms with Gasteiger partial charge in [0.05, 0.1) is 0 Å². The van der Waals surface area contributed by atoms with Crippen molar-refractivity contribution in [3.8, 4) is 0 Å². The average Bonchev–Trinajstić information content (AvgIpc) is 3.16. The molecule has 0 nitrogen and oxygen atoms in total. The molecule has 0 aromatic carbocycles. The van der Waals surface area contributed by atoms with E-state index in [0.717, 1.165) is 0 Å². The first-order valence-corrected chi connectivity index (χ1v) is 10.2. The van der Waals surface area contributed by atoms with Crippen LogP contribution in [0.15, 0.2) is 24.3 Å². The van der Waals surface area contributed by atoms with Crippen LogP contribution >= 0.6 is 11.8 Å². The molecule has 2 rings (SSSR count). The van der Waals surface area contributed by atoms with E-state index in [1.807, 2.05) is 0 Å². The Morgan fingerprint density at radius 3 is 1.36 bits per heavy atom. The van der Waals surface area contributed by atoms with E-state index in [1.54, 1.807) is 0 Å². The SMILES string of the molecule is CCC1(CC)CC=CC1.CCC1(CSC(C)(C)C)CC=CC1. The van der Waals surface area contributed by atoms with Crippen LogP contribution < -0.4 is 0 Å². The van der Waals surface area contributed by atoms with Gasteiger partial charge in [0.2, 0.25) is 0 Å². The van der Waals surface area contributed by atoms with Gasteiger partial charge in [-0.3, -0.25) is 0 Å². The second kappa shape index (κ2) is 8.62. The third kappa shape index (κ3) is 6.14. The molecule has 0 aromatic heterocycles. The molecule has 0 saturated heterocycles. The van der Waals surface area contributed by atoms with Gasteiger partial charge in [-0.25, -0.2) is 0 Å². The molecule has 0 amide bonds. The Kier molecular flexibility index (Phi) is 7.79. The summed E-state index contributed by atoms with van der Waals surface area (Å²) in [7, 11) is 0. The van der Waals surface area contributed by atoms with E-state index >= 15 is 0 Å². The Bertz CT molecular complexity index is 348. The van der Waals surface area contributed by atoms with Crippen LogP contribution in [-0.4, -0.2) is 10.5 Å². The van der Waals surface area contributed by atoms with Crippen LogP contribution in [0.3, 0.4) is 0 Å². The summed E-state index contributed by atoms with van der Waals surface area (Å²) in [6.45, 7) is 13.9. The largest absolute Gasteiger partial charge is 0.155 e. The molecule has 2 aliphatic rings. The van der Waals surface area contributed by atoms with Crippen molar-refractivity contribution in [1.82, 2.24) is 0 Å². The second-order valence-corrected chi connectivity index (χ2v) is 10.0. The summed E-state index contributed by atoms with van der Waals surface area (Å²) in [5.74, 6) is 1.32. The van der Waals surface area contributed by atoms with E-state index in [-0.39, 0.29) is 0 Å². The lowest BCUT2D eigenvalue weighted by atomic mass is 9.80. The lowest BCUT2D eigenvalue weighted by Crippen LogP contribution is -2.22. The maximum absolute atomic E-state index is 2.35. The highest BCUT2D eigenvalue weighted by atomic mass is 32.2. The molecule has 0 aromatic rings. The van der Waals surface area contributed by atoms with E-state index in [9.17, 15) is 0 Å². The molecule has 0 N–H and O–H groups in total. The molecule has 0 heterocycles. The van der Waals surface area contributed by atoms with Gasteiger partial charge in [-0.15, -0.1) is 0 Å². The molecule has 0 saturated carbocycles. The van der Waals surface area contributed by atoms with Gasteiger partial charge in [0.1, 0.15) is 0 Å². The minimum absolute atomic E-state index is 0.421. The fourth-order valence-corrected chi connectivity index (χ4v) is 4.38. The lowest BCUT2D eigenvalue weighted by molar-refractivity contribution is 0.285. The monoisotopic (exact) mass is 322 g/mol. The van der Waals surface area contributed by atoms with Crippen LogP contribution in [0.5, 0.6) is 0 Å². The summed E-state index contributed by atoms with van der Waals surface area (Å²) in [5.41, 5.74) is 1.26. The first-order chi connectivity index (χ1) is 10.3. The Labute approximate surface area is 144 Å². The van der Waals surface area contributed by atoms with Gasteiger partial charge in [0.25, 0.3) is 0 Å². The van der Waals surface area contributed by atoms with Gasteiger partial charge in [-0.2, -0.15) is 11.8 Å². The molecule has 0 bridgehead atoms. The van der Waals surface area contributed by atoms with Crippen LogP contribution in [0.1, 0.15) is 86.5 Å². The molecule has 0 unspecified atom stereocenters. The van der Waals surface area contributed by atoms with Gasteiger partial charge in [0.15, 0.2) is 0 Å². The number of hydrogen-bond donors (Lipinski definition) is 0. The maximum Gasteiger partial charge on any atom is 0.00753 e. The zero-order valence-corrected chi connectivity index (χ0v) is 16.7. The summed E-state index contributed by atoms with van der Waals surface area (Å²) in [6.07, 6.45) is 18.6. The molecule has 128 valence electrons. The molecule has 2 aliphatic carbocycles. The van der Waals surface area contributed by atoms with Crippen molar-refractivity contribution in [3.63, 3.8) is 0 Å². The van der Waals surface area contributed by atoms with Gasteiger partial charge in [-0.05, 0) is 55.8 Å². The van der Waals surface area contributed by atoms with Crippen LogP contribution in [0.25, 0.3) is 0 Å². The van der Waals surface area contributed by atoms with Crippen LogP contribution in [0, 0.1) is 10.8 Å². The molecule has 0 spiro atoms. The Hall–Kier alpha value is -0.170. The summed E-state index contributed by atoms with van der Waals surface area (Å²) < 4.78 is 0.421. The fourth-order valence-electron chi connectivity index (χ4n) is 3.21. The number of rotatable bonds is 5. The zero-order chi connectivity index (χ0) is 16.7. The lowest BCUT2D eigenvalue weighted by Gasteiger charge is -2.30. The van der Waals surface area contributed by atoms with Gasteiger partial charge >= 0.3 is 0 Å². The van der Waals surface area contributed by atoms with Gasteiger partial charge in [-0.1, -0.05) is 65.8 Å². The van der Waals surface area contributed by atoms with Gasteiger partial charge in [0, 0.05) is 10.5 Å². The molecule has 1 heteroatoms. The molecular weight excluding hydrogens is 284 g/mol. The Morgan fingerprint density at radius 1 is 0.727 bits per heavy atom. The normalized spacial score (nSPS) is 21.7. The van der Waals surface area contributed by atoms with Crippen LogP contribution in [-0.2, 0) is 0 Å². The number of thioether (sulfide) groups is 1. The maximum atomic E-state index is 2.35. The molecule has 0 radical (unpaired) electrons. The van der Waals surface area contributed by atoms with Gasteiger partial charge < -0.3 is 0 Å². The van der Waals surface area contributed by atoms with E-state index in [0.29, 0.717) is 15.6 Å². The number of hydrogen-bond acceptors (Lipinski definition) is 1. The van der Waals surface area contributed by atoms with Crippen molar-refractivity contribution in [2.45, 2.75) is 91.2 Å². The highest BCUT2D eigenvalue weighted by molar-refractivity contribution is 8.00. The summed E-state index contributed by atoms with van der Waals surface area (Å²) in [4.78, 5) is 0. The number of allylic oxidation sites excluding steroid dienone is 4. The van der Waals surface area contributed by atoms with E-state index in [2.05, 4.69) is 77.6 Å². The van der Waals surface area contributed by atoms with Crippen molar-refractivity contribution < 1.29 is 0 Å². The van der Waals surface area contributed by atoms with E-state index in [1.165, 1.54) is 50.7 Å². The Morgan fingerprint density at radius 2 is 1.09 bits per heavy atom. The van der Waals surface area contributed by atoms with E-state index in [4.69, 9.17) is 0 Å². The van der Waals surface area contributed by atoms with E-state index < -0.39 is 0 Å². The first kappa shape index (κ1) is 19.9. The predicted octanol–water partition coefficient (Wildman–Crippen LogP) is 7.41. The van der Waals surface area contributed by atoms with Crippen molar-refractivity contribution in [1.29, 1.82) is 0 Å². The first-order valence-electron chi connectivity index (χ1n) is 9.24. The quantitative estimate of drug-likeness (QED) is 0.475. The standard InChI is InChI=1S/C12H22S.C9H16/c1-5-12(8-6-7-9-12)10-13-11(2,3)4;1-3-9(4-2)7-5-6-8-9/h6-7H,5,8-10H2,1-4H3;5-6H,3-4,7-8H2,1-2H3. The predicted molar refractivity (Wildman–Crippen MR) is 105 cm³/mol. The summed E-state index contributed by atoms with van der Waals surface area (Å²) >= 11 is 2.11. The van der Waals surface area contributed by atoms with Crippen molar-refractivity contribution in [2.24, 2.45) is 10.8 Å². The highest BCUT2D eigenvalue weighted by Crippen LogP contribution is 2.42. The minimum Gasteiger partial charge on any atom is -0.155 e. The minimum atomic E-state index is 0.421. The molecule has 0 atom stereocenters. The molecular formula is C21H38S. The van der Waals surface area contributed by atoms with Crippen molar-refractivity contribution >= 4 is 11.8 Å². The molecule has 22 heavy (non-hydrogen) atoms. The Balaban J connectivity index is 0.000000235. The third-order valence-electron chi connectivity index (χ3n) is 5.60. The van der Waals surface area contributed by atoms with Crippen LogP contribution in [0.2, 0.25) is 0 Å². The van der Waals surface area contributed by atoms with Crippen molar-refractivity contribution in [3.05, 3.63) is 24.3 Å². The summed E-state index contributed by atoms with van der Waals surface area (Å²) in [5, 5.41) is 0. The second-order valence-electron chi connectivity index (χ2n) is 8.22. The third-order valence-corrected chi connectivity index (χ3v) is 7.22. The average molecular weight is 323 g/mol. The smallest absolute Gasteiger partial charge is 0.00753 e. The topological polar surface area (TPSA) is 0 Å². The zero-order valence-electron chi connectivity index (χ0n) is 15.9. The summed E-state index contributed by atoms with van der Waals surface area (Å²) in [6, 6.07) is 0. The highest BCUT2D eigenvalue weighted by Gasteiger charge is 2.30. The molecule has 0 aliphatic heterocycles. The van der Waals surface area contributed by atoms with Crippen molar-refractivity contribution in [2.75, 3.05) is 5.75 Å². The molecule has 0 fully saturated rings. The van der Waals surface area contributed by atoms with Crippen LogP contribution in [0.4, 0.5) is 0 Å².